The molecule has 0 saturated heterocycles. The lowest BCUT2D eigenvalue weighted by atomic mass is 10.0. The number of fused-ring (bicyclic) bond motifs is 1. The van der Waals surface area contributed by atoms with E-state index in [2.05, 4.69) is 101 Å². The van der Waals surface area contributed by atoms with Crippen molar-refractivity contribution in [1.82, 2.24) is 4.98 Å². The van der Waals surface area contributed by atoms with Gasteiger partial charge in [-0.1, -0.05) is 84.9 Å². The summed E-state index contributed by atoms with van der Waals surface area (Å²) in [6.45, 7) is 0. The number of hydrogen-bond acceptors (Lipinski definition) is 4. The number of rotatable bonds is 6. The van der Waals surface area contributed by atoms with E-state index in [-0.39, 0.29) is 0 Å². The van der Waals surface area contributed by atoms with E-state index in [0.29, 0.717) is 5.57 Å². The molecule has 180 valence electrons. The summed E-state index contributed by atoms with van der Waals surface area (Å²) in [7, 11) is 0. The molecular formula is C34H23N3S. The van der Waals surface area contributed by atoms with Gasteiger partial charge in [-0.2, -0.15) is 5.26 Å². The number of hydrogen-bond donors (Lipinski definition) is 0. The molecule has 0 amide bonds. The summed E-state index contributed by atoms with van der Waals surface area (Å²) in [4.78, 5) is 6.89. The van der Waals surface area contributed by atoms with E-state index in [1.54, 1.807) is 11.3 Å². The average Bonchev–Trinajstić information content (AvgIpc) is 3.42. The molecular weight excluding hydrogens is 482 g/mol. The van der Waals surface area contributed by atoms with Gasteiger partial charge in [0.05, 0.1) is 15.8 Å². The second kappa shape index (κ2) is 10.6. The fourth-order valence-corrected chi connectivity index (χ4v) is 5.40. The Bertz CT molecular complexity index is 1670. The standard InChI is InChI=1S/C34H23N3S/c35-24-28(34-36-32-13-7-8-14-33(32)38-34)23-25-15-17-26(18-16-25)27-19-21-31(22-20-27)37(29-9-3-1-4-10-29)30-11-5-2-6-12-30/h1-23H/b28-23+. The summed E-state index contributed by atoms with van der Waals surface area (Å²) >= 11 is 1.54. The monoisotopic (exact) mass is 505 g/mol. The third-order valence-electron chi connectivity index (χ3n) is 6.35. The number of nitriles is 1. The van der Waals surface area contributed by atoms with Crippen LogP contribution in [0.15, 0.2) is 133 Å². The minimum absolute atomic E-state index is 0.574. The quantitative estimate of drug-likeness (QED) is 0.212. The lowest BCUT2D eigenvalue weighted by Crippen LogP contribution is -2.09. The van der Waals surface area contributed by atoms with Crippen molar-refractivity contribution >= 4 is 50.3 Å². The molecule has 0 atom stereocenters. The van der Waals surface area contributed by atoms with Gasteiger partial charge in [0.25, 0.3) is 0 Å². The number of benzene rings is 5. The number of allylic oxidation sites excluding steroid dienone is 1. The number of aromatic nitrogens is 1. The van der Waals surface area contributed by atoms with Gasteiger partial charge in [0.15, 0.2) is 0 Å². The Kier molecular flexibility index (Phi) is 6.51. The smallest absolute Gasteiger partial charge is 0.135 e. The minimum Gasteiger partial charge on any atom is -0.311 e. The molecule has 0 fully saturated rings. The topological polar surface area (TPSA) is 39.9 Å². The van der Waals surface area contributed by atoms with Crippen molar-refractivity contribution < 1.29 is 0 Å². The van der Waals surface area contributed by atoms with Gasteiger partial charge in [0.1, 0.15) is 11.1 Å². The fraction of sp³-hybridized carbons (Fsp3) is 0. The molecule has 0 unspecified atom stereocenters. The Labute approximate surface area is 226 Å². The van der Waals surface area contributed by atoms with Crippen molar-refractivity contribution in [2.24, 2.45) is 0 Å². The number of anilines is 3. The van der Waals surface area contributed by atoms with Crippen LogP contribution in [0, 0.1) is 11.3 Å². The van der Waals surface area contributed by atoms with E-state index in [1.807, 2.05) is 54.6 Å². The van der Waals surface area contributed by atoms with E-state index in [9.17, 15) is 5.26 Å². The van der Waals surface area contributed by atoms with Crippen LogP contribution in [0.1, 0.15) is 10.6 Å². The molecule has 0 N–H and O–H groups in total. The van der Waals surface area contributed by atoms with Crippen molar-refractivity contribution in [3.8, 4) is 17.2 Å². The number of thiazole rings is 1. The van der Waals surface area contributed by atoms with Crippen LogP contribution < -0.4 is 4.90 Å². The highest BCUT2D eigenvalue weighted by Gasteiger charge is 2.12. The van der Waals surface area contributed by atoms with Crippen LogP contribution in [0.2, 0.25) is 0 Å². The Balaban J connectivity index is 1.26. The second-order valence-corrected chi connectivity index (χ2v) is 9.86. The first-order chi connectivity index (χ1) is 18.8. The normalized spacial score (nSPS) is 11.3. The van der Waals surface area contributed by atoms with Crippen molar-refractivity contribution in [3.05, 3.63) is 144 Å². The average molecular weight is 506 g/mol. The van der Waals surface area contributed by atoms with Gasteiger partial charge in [0, 0.05) is 17.1 Å². The molecule has 1 heterocycles. The predicted molar refractivity (Wildman–Crippen MR) is 160 cm³/mol. The molecule has 1 aromatic heterocycles. The zero-order valence-corrected chi connectivity index (χ0v) is 21.3. The minimum atomic E-state index is 0.574. The molecule has 0 aliphatic rings. The van der Waals surface area contributed by atoms with Gasteiger partial charge in [-0.05, 0) is 71.3 Å². The van der Waals surface area contributed by atoms with E-state index >= 15 is 0 Å². The SMILES string of the molecule is N#C/C(=C\c1ccc(-c2ccc(N(c3ccccc3)c3ccccc3)cc2)cc1)c1nc2ccccc2s1. The predicted octanol–water partition coefficient (Wildman–Crippen LogP) is 9.50. The van der Waals surface area contributed by atoms with Crippen LogP contribution in [0.3, 0.4) is 0 Å². The lowest BCUT2D eigenvalue weighted by Gasteiger charge is -2.25. The highest BCUT2D eigenvalue weighted by atomic mass is 32.1. The molecule has 6 rings (SSSR count). The van der Waals surface area contributed by atoms with Crippen molar-refractivity contribution in [2.75, 3.05) is 4.90 Å². The van der Waals surface area contributed by atoms with Crippen LogP contribution in [-0.4, -0.2) is 4.98 Å². The third-order valence-corrected chi connectivity index (χ3v) is 7.42. The molecule has 38 heavy (non-hydrogen) atoms. The van der Waals surface area contributed by atoms with Gasteiger partial charge in [-0.25, -0.2) is 4.98 Å². The van der Waals surface area contributed by atoms with Crippen molar-refractivity contribution in [2.45, 2.75) is 0 Å². The summed E-state index contributed by atoms with van der Waals surface area (Å²) in [5.74, 6) is 0. The lowest BCUT2D eigenvalue weighted by molar-refractivity contribution is 1.28. The molecule has 0 spiro atoms. The maximum Gasteiger partial charge on any atom is 0.135 e. The molecule has 3 nitrogen and oxygen atoms in total. The van der Waals surface area contributed by atoms with Gasteiger partial charge < -0.3 is 4.90 Å². The second-order valence-electron chi connectivity index (χ2n) is 8.83. The van der Waals surface area contributed by atoms with E-state index < -0.39 is 0 Å². The number of nitrogens with zero attached hydrogens (tertiary/aromatic N) is 3. The Morgan fingerprint density at radius 3 is 1.74 bits per heavy atom. The maximum atomic E-state index is 9.78. The van der Waals surface area contributed by atoms with E-state index in [1.165, 1.54) is 0 Å². The maximum absolute atomic E-state index is 9.78. The van der Waals surface area contributed by atoms with Crippen molar-refractivity contribution in [1.29, 1.82) is 5.26 Å². The highest BCUT2D eigenvalue weighted by Crippen LogP contribution is 2.35. The first-order valence-corrected chi connectivity index (χ1v) is 13.2. The van der Waals surface area contributed by atoms with Crippen LogP contribution in [0.25, 0.3) is 33.0 Å². The Morgan fingerprint density at radius 2 is 1.16 bits per heavy atom. The molecule has 0 bridgehead atoms. The largest absolute Gasteiger partial charge is 0.311 e. The highest BCUT2D eigenvalue weighted by molar-refractivity contribution is 7.19. The fourth-order valence-electron chi connectivity index (χ4n) is 4.47. The molecule has 5 aromatic carbocycles. The molecule has 6 aromatic rings. The van der Waals surface area contributed by atoms with Crippen LogP contribution in [0.4, 0.5) is 17.1 Å². The molecule has 0 aliphatic heterocycles. The Hall–Kier alpha value is -4.98. The molecule has 0 saturated carbocycles. The zero-order chi connectivity index (χ0) is 25.7. The first-order valence-electron chi connectivity index (χ1n) is 12.4. The Morgan fingerprint density at radius 1 is 0.632 bits per heavy atom. The van der Waals surface area contributed by atoms with Crippen LogP contribution in [-0.2, 0) is 0 Å². The van der Waals surface area contributed by atoms with Gasteiger partial charge in [-0.15, -0.1) is 11.3 Å². The van der Waals surface area contributed by atoms with E-state index in [0.717, 1.165) is 49.0 Å². The summed E-state index contributed by atoms with van der Waals surface area (Å²) in [5.41, 5.74) is 8.06. The molecule has 0 aliphatic carbocycles. The van der Waals surface area contributed by atoms with Gasteiger partial charge >= 0.3 is 0 Å². The zero-order valence-electron chi connectivity index (χ0n) is 20.5. The summed E-state index contributed by atoms with van der Waals surface area (Å²) in [6.07, 6.45) is 1.90. The molecule has 4 heteroatoms. The first kappa shape index (κ1) is 23.4. The van der Waals surface area contributed by atoms with Crippen molar-refractivity contribution in [3.63, 3.8) is 0 Å². The summed E-state index contributed by atoms with van der Waals surface area (Å²) in [5, 5.41) is 10.5. The summed E-state index contributed by atoms with van der Waals surface area (Å²) in [6, 6.07) is 48.0. The molecule has 0 radical (unpaired) electrons. The third kappa shape index (κ3) is 4.84. The van der Waals surface area contributed by atoms with Gasteiger partial charge in [0.2, 0.25) is 0 Å². The van der Waals surface area contributed by atoms with E-state index in [4.69, 9.17) is 0 Å². The number of para-hydroxylation sites is 3. The van der Waals surface area contributed by atoms with Gasteiger partial charge in [-0.3, -0.25) is 0 Å². The van der Waals surface area contributed by atoms with Crippen LogP contribution >= 0.6 is 11.3 Å². The van der Waals surface area contributed by atoms with Crippen LogP contribution in [0.5, 0.6) is 0 Å². The summed E-state index contributed by atoms with van der Waals surface area (Å²) < 4.78 is 1.08.